The van der Waals surface area contributed by atoms with E-state index in [2.05, 4.69) is 5.32 Å². The van der Waals surface area contributed by atoms with Crippen LogP contribution in [0.4, 0.5) is 0 Å². The van der Waals surface area contributed by atoms with Crippen LogP contribution in [0, 0.1) is 5.92 Å². The van der Waals surface area contributed by atoms with Gasteiger partial charge in [-0.3, -0.25) is 9.59 Å². The van der Waals surface area contributed by atoms with Crippen LogP contribution in [0.1, 0.15) is 34.1 Å². The molecule has 15 heavy (non-hydrogen) atoms. The summed E-state index contributed by atoms with van der Waals surface area (Å²) in [4.78, 5) is 24.2. The Hall–Kier alpha value is -1.06. The highest BCUT2D eigenvalue weighted by Crippen LogP contribution is 1.98. The van der Waals surface area contributed by atoms with Crippen LogP contribution in [-0.2, 0) is 9.59 Å². The largest absolute Gasteiger partial charge is 0.355 e. The van der Waals surface area contributed by atoms with Crippen LogP contribution in [0.2, 0.25) is 0 Å². The lowest BCUT2D eigenvalue weighted by Crippen LogP contribution is -2.41. The number of hydrogen-bond acceptors (Lipinski definition) is 2. The summed E-state index contributed by atoms with van der Waals surface area (Å²) in [5, 5.41) is 2.76. The maximum absolute atomic E-state index is 11.4. The Kier molecular flexibility index (Phi) is 6.75. The van der Waals surface area contributed by atoms with Crippen molar-refractivity contribution in [1.29, 1.82) is 0 Å². The number of nitrogens with one attached hydrogen (secondary N) is 1. The van der Waals surface area contributed by atoms with Crippen LogP contribution in [0.15, 0.2) is 0 Å². The number of hydrogen-bond donors (Lipinski definition) is 1. The predicted molar refractivity (Wildman–Crippen MR) is 60.4 cm³/mol. The van der Waals surface area contributed by atoms with Crippen molar-refractivity contribution >= 4 is 11.8 Å². The van der Waals surface area contributed by atoms with E-state index >= 15 is 0 Å². The molecule has 4 nitrogen and oxygen atoms in total. The molecule has 0 radical (unpaired) electrons. The van der Waals surface area contributed by atoms with E-state index in [1.165, 1.54) is 6.92 Å². The molecule has 0 spiro atoms. The first-order valence-corrected chi connectivity index (χ1v) is 5.49. The highest BCUT2D eigenvalue weighted by molar-refractivity contribution is 5.83. The molecule has 0 aromatic rings. The molecule has 0 aliphatic heterocycles. The van der Waals surface area contributed by atoms with Gasteiger partial charge < -0.3 is 10.2 Å². The highest BCUT2D eigenvalue weighted by Gasteiger charge is 2.13. The van der Waals surface area contributed by atoms with Crippen molar-refractivity contribution in [3.63, 3.8) is 0 Å². The first-order valence-electron chi connectivity index (χ1n) is 5.49. The maximum atomic E-state index is 11.4. The molecule has 0 atom stereocenters. The smallest absolute Gasteiger partial charge is 0.239 e. The average Bonchev–Trinajstić information content (AvgIpc) is 2.12. The Balaban J connectivity index is 4.05. The number of amides is 2. The molecular weight excluding hydrogens is 192 g/mol. The Morgan fingerprint density at radius 2 is 1.93 bits per heavy atom. The van der Waals surface area contributed by atoms with Crippen molar-refractivity contribution in [1.82, 2.24) is 10.2 Å². The molecule has 0 heterocycles. The van der Waals surface area contributed by atoms with Gasteiger partial charge in [-0.1, -0.05) is 20.8 Å². The molecule has 0 fully saturated rings. The fourth-order valence-corrected chi connectivity index (χ4v) is 1.24. The third kappa shape index (κ3) is 6.94. The molecule has 0 aliphatic rings. The number of nitrogens with zero attached hydrogens (tertiary/aromatic N) is 1. The van der Waals surface area contributed by atoms with Crippen molar-refractivity contribution in [3.05, 3.63) is 0 Å². The first kappa shape index (κ1) is 13.9. The van der Waals surface area contributed by atoms with Crippen LogP contribution in [0.25, 0.3) is 0 Å². The van der Waals surface area contributed by atoms with Gasteiger partial charge in [-0.05, 0) is 12.3 Å². The predicted octanol–water partition coefficient (Wildman–Crippen LogP) is 1.02. The summed E-state index contributed by atoms with van der Waals surface area (Å²) in [6, 6.07) is 0. The van der Waals surface area contributed by atoms with Gasteiger partial charge in [-0.15, -0.1) is 0 Å². The number of rotatable bonds is 6. The van der Waals surface area contributed by atoms with E-state index < -0.39 is 0 Å². The summed E-state index contributed by atoms with van der Waals surface area (Å²) in [6.07, 6.45) is 0.913. The highest BCUT2D eigenvalue weighted by atomic mass is 16.2. The summed E-state index contributed by atoms with van der Waals surface area (Å²) in [7, 11) is 0. The van der Waals surface area contributed by atoms with Crippen molar-refractivity contribution in [2.75, 3.05) is 19.6 Å². The molecule has 0 aromatic heterocycles. The van der Waals surface area contributed by atoms with Crippen molar-refractivity contribution < 1.29 is 9.59 Å². The minimum atomic E-state index is -0.0762. The molecule has 2 amide bonds. The topological polar surface area (TPSA) is 49.4 Å². The summed E-state index contributed by atoms with van der Waals surface area (Å²) in [5.41, 5.74) is 0. The molecule has 0 aromatic carbocycles. The lowest BCUT2D eigenvalue weighted by Gasteiger charge is -2.22. The van der Waals surface area contributed by atoms with E-state index in [4.69, 9.17) is 0 Å². The van der Waals surface area contributed by atoms with Gasteiger partial charge >= 0.3 is 0 Å². The van der Waals surface area contributed by atoms with E-state index in [0.717, 1.165) is 6.42 Å². The molecule has 0 bridgehead atoms. The monoisotopic (exact) mass is 214 g/mol. The summed E-state index contributed by atoms with van der Waals surface area (Å²) >= 11 is 0. The molecule has 0 aliphatic carbocycles. The quantitative estimate of drug-likeness (QED) is 0.717. The fourth-order valence-electron chi connectivity index (χ4n) is 1.24. The van der Waals surface area contributed by atoms with E-state index in [-0.39, 0.29) is 18.4 Å². The Labute approximate surface area is 92.0 Å². The fraction of sp³-hybridized carbons (Fsp3) is 0.818. The van der Waals surface area contributed by atoms with E-state index in [1.807, 2.05) is 20.8 Å². The second kappa shape index (κ2) is 7.26. The van der Waals surface area contributed by atoms with E-state index in [1.54, 1.807) is 4.90 Å². The van der Waals surface area contributed by atoms with Crippen molar-refractivity contribution in [2.45, 2.75) is 34.1 Å². The standard InChI is InChI=1S/C11H22N2O2/c1-5-6-12-11(15)8-13(10(4)14)7-9(2)3/h9H,5-8H2,1-4H3,(H,12,15). The van der Waals surface area contributed by atoms with Gasteiger partial charge in [0.15, 0.2) is 0 Å². The van der Waals surface area contributed by atoms with Crippen LogP contribution in [0.3, 0.4) is 0 Å². The van der Waals surface area contributed by atoms with E-state index in [9.17, 15) is 9.59 Å². The van der Waals surface area contributed by atoms with Gasteiger partial charge in [0, 0.05) is 20.0 Å². The zero-order valence-corrected chi connectivity index (χ0v) is 10.2. The molecular formula is C11H22N2O2. The van der Waals surface area contributed by atoms with Crippen LogP contribution in [0.5, 0.6) is 0 Å². The number of carbonyl (C=O) groups excluding carboxylic acids is 2. The summed E-state index contributed by atoms with van der Waals surface area (Å²) in [5.74, 6) is 0.260. The van der Waals surface area contributed by atoms with E-state index in [0.29, 0.717) is 19.0 Å². The minimum absolute atomic E-state index is 0.0460. The SMILES string of the molecule is CCCNC(=O)CN(CC(C)C)C(C)=O. The molecule has 0 unspecified atom stereocenters. The Morgan fingerprint density at radius 1 is 1.33 bits per heavy atom. The average molecular weight is 214 g/mol. The Morgan fingerprint density at radius 3 is 2.33 bits per heavy atom. The maximum Gasteiger partial charge on any atom is 0.239 e. The van der Waals surface area contributed by atoms with Crippen molar-refractivity contribution in [3.8, 4) is 0 Å². The molecule has 1 N–H and O–H groups in total. The van der Waals surface area contributed by atoms with Gasteiger partial charge in [0.25, 0.3) is 0 Å². The van der Waals surface area contributed by atoms with Crippen LogP contribution < -0.4 is 5.32 Å². The molecule has 4 heteroatoms. The number of carbonyl (C=O) groups is 2. The molecule has 88 valence electrons. The third-order valence-electron chi connectivity index (χ3n) is 1.94. The summed E-state index contributed by atoms with van der Waals surface area (Å²) < 4.78 is 0. The first-order chi connectivity index (χ1) is 6.97. The van der Waals surface area contributed by atoms with Crippen molar-refractivity contribution in [2.24, 2.45) is 5.92 Å². The lowest BCUT2D eigenvalue weighted by atomic mass is 10.2. The summed E-state index contributed by atoms with van der Waals surface area (Å²) in [6.45, 7) is 9.03. The zero-order chi connectivity index (χ0) is 11.8. The van der Waals surface area contributed by atoms with Gasteiger partial charge in [0.05, 0.1) is 6.54 Å². The normalized spacial score (nSPS) is 10.2. The second-order valence-corrected chi connectivity index (χ2v) is 4.14. The van der Waals surface area contributed by atoms with Crippen LogP contribution >= 0.6 is 0 Å². The second-order valence-electron chi connectivity index (χ2n) is 4.14. The van der Waals surface area contributed by atoms with Crippen LogP contribution in [-0.4, -0.2) is 36.3 Å². The zero-order valence-electron chi connectivity index (χ0n) is 10.2. The third-order valence-corrected chi connectivity index (χ3v) is 1.94. The van der Waals surface area contributed by atoms with Gasteiger partial charge in [0.2, 0.25) is 11.8 Å². The van der Waals surface area contributed by atoms with Gasteiger partial charge in [-0.25, -0.2) is 0 Å². The molecule has 0 rings (SSSR count). The minimum Gasteiger partial charge on any atom is -0.355 e. The molecule has 0 saturated carbocycles. The molecule has 0 saturated heterocycles. The lowest BCUT2D eigenvalue weighted by molar-refractivity contribution is -0.134. The Bertz CT molecular complexity index is 215. The van der Waals surface area contributed by atoms with Gasteiger partial charge in [0.1, 0.15) is 0 Å². The van der Waals surface area contributed by atoms with Gasteiger partial charge in [-0.2, -0.15) is 0 Å².